The van der Waals surface area contributed by atoms with Crippen LogP contribution in [0, 0.1) is 0 Å². The molecule has 12 nitrogen and oxygen atoms in total. The first-order valence-electron chi connectivity index (χ1n) is 18.4. The molecule has 1 aromatic heterocycles. The number of anilines is 1. The van der Waals surface area contributed by atoms with Crippen LogP contribution in [0.4, 0.5) is 5.13 Å². The number of alkyl halides is 1. The molecule has 2 N–H and O–H groups in total. The van der Waals surface area contributed by atoms with E-state index in [2.05, 4.69) is 20.2 Å². The SMILES string of the molecule is CCO/N=C(\C(=O)N[C@@H]1C(=O)N2C(C(=O)OCc3ccc(OC)cc3)=C(C=CCCl)CS[C@@H]12)c1nsc(NC(c2ccccc2)(c2ccccc2)c2ccccc2)n1. The fraction of sp³-hybridized carbons (Fsp3) is 0.209. The maximum Gasteiger partial charge on any atom is 0.355 e. The number of esters is 1. The summed E-state index contributed by atoms with van der Waals surface area (Å²) in [5.74, 6) is -0.595. The number of fused-ring (bicyclic) bond motifs is 1. The molecule has 1 fully saturated rings. The average Bonchev–Trinajstić information content (AvgIpc) is 3.74. The smallest absolute Gasteiger partial charge is 0.355 e. The molecule has 15 heteroatoms. The highest BCUT2D eigenvalue weighted by molar-refractivity contribution is 8.00. The Morgan fingerprint density at radius 1 is 0.948 bits per heavy atom. The van der Waals surface area contributed by atoms with E-state index < -0.39 is 34.7 Å². The Morgan fingerprint density at radius 3 is 2.14 bits per heavy atom. The van der Waals surface area contributed by atoms with Gasteiger partial charge in [0.25, 0.3) is 11.8 Å². The van der Waals surface area contributed by atoms with E-state index in [9.17, 15) is 14.4 Å². The Balaban J connectivity index is 1.13. The van der Waals surface area contributed by atoms with E-state index >= 15 is 0 Å². The molecule has 2 amide bonds. The van der Waals surface area contributed by atoms with Crippen LogP contribution < -0.4 is 15.4 Å². The zero-order valence-corrected chi connectivity index (χ0v) is 33.9. The number of aromatic nitrogens is 2. The van der Waals surface area contributed by atoms with E-state index in [1.165, 1.54) is 16.7 Å². The standard InChI is InChI=1S/C43H39ClN6O6S2/c1-3-56-48-34(37-46-42(58-49-37)47-43(30-15-7-4-8-16-30,31-17-9-5-10-18-31)32-19-11-6-12-20-32)38(51)45-35-39(52)50-36(29(14-13-25-44)27-57-40(35)50)41(53)55-26-28-21-23-33(54-2)24-22-28/h4-24,35,40H,3,25-27H2,1-2H3,(H,45,51)(H,46,47,49)/b14-13?,48-34-/t35-,40+/m1/s1. The Bertz CT molecular complexity index is 2230. The molecule has 3 heterocycles. The maximum absolute atomic E-state index is 14.0. The van der Waals surface area contributed by atoms with Crippen molar-refractivity contribution in [1.29, 1.82) is 0 Å². The van der Waals surface area contributed by atoms with Crippen molar-refractivity contribution < 1.29 is 28.7 Å². The van der Waals surface area contributed by atoms with E-state index in [4.69, 9.17) is 30.9 Å². The lowest BCUT2D eigenvalue weighted by Crippen LogP contribution is -2.71. The molecular weight excluding hydrogens is 796 g/mol. The Hall–Kier alpha value is -5.96. The number of amides is 2. The highest BCUT2D eigenvalue weighted by Crippen LogP contribution is 2.42. The summed E-state index contributed by atoms with van der Waals surface area (Å²) in [6.07, 6.45) is 3.41. The van der Waals surface area contributed by atoms with Crippen LogP contribution in [-0.4, -0.2) is 74.5 Å². The number of halogens is 1. The number of benzene rings is 4. The summed E-state index contributed by atoms with van der Waals surface area (Å²) >= 11 is 8.40. The fourth-order valence-corrected chi connectivity index (χ4v) is 8.75. The molecule has 0 unspecified atom stereocenters. The summed E-state index contributed by atoms with van der Waals surface area (Å²) in [5, 5.41) is 10.4. The molecule has 0 aliphatic carbocycles. The van der Waals surface area contributed by atoms with Crippen molar-refractivity contribution in [2.45, 2.75) is 30.5 Å². The maximum atomic E-state index is 14.0. The number of nitrogens with one attached hydrogen (secondary N) is 2. The zero-order valence-electron chi connectivity index (χ0n) is 31.5. The van der Waals surface area contributed by atoms with Crippen molar-refractivity contribution in [1.82, 2.24) is 19.6 Å². The molecule has 0 radical (unpaired) electrons. The Kier molecular flexibility index (Phi) is 12.9. The van der Waals surface area contributed by atoms with Gasteiger partial charge in [-0.05, 0) is 46.9 Å². The largest absolute Gasteiger partial charge is 0.497 e. The van der Waals surface area contributed by atoms with E-state index in [1.807, 2.05) is 91.0 Å². The second kappa shape index (κ2) is 18.5. The predicted molar refractivity (Wildman–Crippen MR) is 226 cm³/mol. The lowest BCUT2D eigenvalue weighted by Gasteiger charge is -2.49. The number of carbonyl (C=O) groups is 3. The third kappa shape index (κ3) is 8.35. The molecule has 0 spiro atoms. The number of hydrogen-bond acceptors (Lipinski definition) is 12. The van der Waals surface area contributed by atoms with Crippen LogP contribution in [0.25, 0.3) is 0 Å². The minimum atomic E-state index is -0.981. The molecule has 0 saturated carbocycles. The number of nitrogens with zero attached hydrogens (tertiary/aromatic N) is 4. The van der Waals surface area contributed by atoms with Gasteiger partial charge in [-0.15, -0.1) is 23.4 Å². The van der Waals surface area contributed by atoms with Gasteiger partial charge in [0.15, 0.2) is 0 Å². The van der Waals surface area contributed by atoms with Gasteiger partial charge in [0.05, 0.1) is 7.11 Å². The van der Waals surface area contributed by atoms with Crippen LogP contribution in [0.1, 0.15) is 35.0 Å². The third-order valence-electron chi connectivity index (χ3n) is 9.47. The minimum Gasteiger partial charge on any atom is -0.497 e. The summed E-state index contributed by atoms with van der Waals surface area (Å²) in [6, 6.07) is 36.2. The van der Waals surface area contributed by atoms with Crippen LogP contribution >= 0.6 is 34.9 Å². The van der Waals surface area contributed by atoms with Gasteiger partial charge in [0.1, 0.15) is 41.6 Å². The molecule has 1 saturated heterocycles. The quantitative estimate of drug-likeness (QED) is 0.0270. The second-order valence-electron chi connectivity index (χ2n) is 13.0. The summed E-state index contributed by atoms with van der Waals surface area (Å²) in [5.41, 5.74) is 3.22. The van der Waals surface area contributed by atoms with Crippen LogP contribution in [-0.2, 0) is 36.1 Å². The Morgan fingerprint density at radius 2 is 1.57 bits per heavy atom. The van der Waals surface area contributed by atoms with E-state index in [0.717, 1.165) is 33.8 Å². The van der Waals surface area contributed by atoms with Gasteiger partial charge < -0.3 is 24.9 Å². The molecule has 2 aliphatic rings. The Labute approximate surface area is 349 Å². The fourth-order valence-electron chi connectivity index (χ4n) is 6.72. The molecule has 2 atom stereocenters. The van der Waals surface area contributed by atoms with E-state index in [0.29, 0.717) is 22.2 Å². The van der Waals surface area contributed by atoms with Crippen molar-refractivity contribution in [2.24, 2.45) is 5.16 Å². The number of methoxy groups -OCH3 is 1. The second-order valence-corrected chi connectivity index (χ2v) is 15.1. The zero-order chi connectivity index (χ0) is 40.5. The summed E-state index contributed by atoms with van der Waals surface area (Å²) in [7, 11) is 1.57. The average molecular weight is 835 g/mol. The first kappa shape index (κ1) is 40.2. The van der Waals surface area contributed by atoms with E-state index in [1.54, 1.807) is 50.5 Å². The lowest BCUT2D eigenvalue weighted by molar-refractivity contribution is -0.153. The van der Waals surface area contributed by atoms with Crippen molar-refractivity contribution in [2.75, 3.05) is 30.7 Å². The van der Waals surface area contributed by atoms with Gasteiger partial charge in [-0.3, -0.25) is 14.5 Å². The molecule has 4 aromatic carbocycles. The molecular formula is C43H39ClN6O6S2. The summed E-state index contributed by atoms with van der Waals surface area (Å²) in [6.45, 7) is 1.89. The summed E-state index contributed by atoms with van der Waals surface area (Å²) < 4.78 is 15.4. The van der Waals surface area contributed by atoms with Gasteiger partial charge in [-0.25, -0.2) is 4.79 Å². The molecule has 0 bridgehead atoms. The number of allylic oxidation sites excluding steroid dienone is 2. The highest BCUT2D eigenvalue weighted by atomic mass is 35.5. The normalized spacial score (nSPS) is 16.7. The molecule has 58 heavy (non-hydrogen) atoms. The van der Waals surface area contributed by atoms with Crippen molar-refractivity contribution in [3.8, 4) is 5.75 Å². The van der Waals surface area contributed by atoms with Gasteiger partial charge >= 0.3 is 5.97 Å². The van der Waals surface area contributed by atoms with Gasteiger partial charge in [0.2, 0.25) is 16.7 Å². The van der Waals surface area contributed by atoms with Crippen LogP contribution in [0.3, 0.4) is 0 Å². The van der Waals surface area contributed by atoms with Crippen molar-refractivity contribution in [3.63, 3.8) is 0 Å². The first-order chi connectivity index (χ1) is 28.4. The number of β-lactam (4-membered cyclic amide) rings is 1. The lowest BCUT2D eigenvalue weighted by atomic mass is 9.77. The topological polar surface area (TPSA) is 144 Å². The number of ether oxygens (including phenoxy) is 2. The number of carbonyl (C=O) groups excluding carboxylic acids is 3. The van der Waals surface area contributed by atoms with Gasteiger partial charge in [0, 0.05) is 23.2 Å². The van der Waals surface area contributed by atoms with Crippen LogP contribution in [0.15, 0.2) is 144 Å². The third-order valence-corrected chi connectivity index (χ3v) is 11.6. The predicted octanol–water partition coefficient (Wildman–Crippen LogP) is 6.88. The molecule has 296 valence electrons. The molecule has 5 aromatic rings. The van der Waals surface area contributed by atoms with Crippen molar-refractivity contribution >= 4 is 63.5 Å². The number of oxime groups is 1. The van der Waals surface area contributed by atoms with Gasteiger partial charge in [-0.2, -0.15) is 9.36 Å². The first-order valence-corrected chi connectivity index (χ1v) is 20.7. The number of hydrogen-bond donors (Lipinski definition) is 2. The van der Waals surface area contributed by atoms with E-state index in [-0.39, 0.29) is 36.3 Å². The molecule has 2 aliphatic heterocycles. The van der Waals surface area contributed by atoms with Crippen LogP contribution in [0.5, 0.6) is 5.75 Å². The van der Waals surface area contributed by atoms with Crippen molar-refractivity contribution in [3.05, 3.63) is 167 Å². The number of rotatable bonds is 16. The number of thioether (sulfide) groups is 1. The minimum absolute atomic E-state index is 0.0117. The molecule has 7 rings (SSSR count). The summed E-state index contributed by atoms with van der Waals surface area (Å²) in [4.78, 5) is 52.9. The van der Waals surface area contributed by atoms with Crippen LogP contribution in [0.2, 0.25) is 0 Å². The monoisotopic (exact) mass is 834 g/mol. The highest BCUT2D eigenvalue weighted by Gasteiger charge is 2.54. The van der Waals surface area contributed by atoms with Gasteiger partial charge in [-0.1, -0.05) is 120 Å².